The van der Waals surface area contributed by atoms with Crippen LogP contribution in [-0.4, -0.2) is 103 Å². The molecule has 14 nitrogen and oxygen atoms in total. The molecule has 0 radical (unpaired) electrons. The molecule has 0 saturated carbocycles. The van der Waals surface area contributed by atoms with Crippen LogP contribution in [0.4, 0.5) is 0 Å². The summed E-state index contributed by atoms with van der Waals surface area (Å²) in [6.45, 7) is 0. The second kappa shape index (κ2) is 14.7. The highest BCUT2D eigenvalue weighted by Gasteiger charge is 2.44. The van der Waals surface area contributed by atoms with Gasteiger partial charge in [0.05, 0.1) is 55.5 Å². The van der Waals surface area contributed by atoms with Crippen LogP contribution in [0.2, 0.25) is 0 Å². The number of ether oxygens (including phenoxy) is 8. The minimum absolute atomic E-state index is 0.701. The molecule has 0 aliphatic rings. The summed E-state index contributed by atoms with van der Waals surface area (Å²) in [5, 5.41) is 0. The summed E-state index contributed by atoms with van der Waals surface area (Å²) in [6.07, 6.45) is -8.94. The predicted molar refractivity (Wildman–Crippen MR) is 98.7 cm³/mol. The van der Waals surface area contributed by atoms with Crippen molar-refractivity contribution in [2.24, 2.45) is 0 Å². The fraction of sp³-hybridized carbons (Fsp3) is 0.667. The molecule has 0 saturated heterocycles. The van der Waals surface area contributed by atoms with Gasteiger partial charge in [-0.2, -0.15) is 0 Å². The van der Waals surface area contributed by atoms with Crippen LogP contribution < -0.4 is 0 Å². The number of rotatable bonds is 13. The average Bonchev–Trinajstić information content (AvgIpc) is 2.81. The number of carbonyl (C=O) groups is 6. The third-order valence-corrected chi connectivity index (χ3v) is 3.85. The zero-order valence-corrected chi connectivity index (χ0v) is 18.4. The first-order valence-corrected chi connectivity index (χ1v) is 8.85. The largest absolute Gasteiger partial charge is 0.469 e. The smallest absolute Gasteiger partial charge is 0.338 e. The van der Waals surface area contributed by atoms with E-state index in [1.165, 1.54) is 0 Å². The van der Waals surface area contributed by atoms with Crippen molar-refractivity contribution in [2.45, 2.75) is 37.3 Å². The molecule has 0 spiro atoms. The van der Waals surface area contributed by atoms with Crippen LogP contribution in [0.5, 0.6) is 0 Å². The van der Waals surface area contributed by atoms with E-state index in [2.05, 4.69) is 28.4 Å². The maximum absolute atomic E-state index is 12.4. The SMILES string of the molecule is COC(=O)CC(OC(C(=O)OC)C(OC(CC(=O)OC)C(=O)OC)C(=O)OC)C(=O)OC. The van der Waals surface area contributed by atoms with E-state index in [0.717, 1.165) is 42.7 Å². The van der Waals surface area contributed by atoms with Crippen LogP contribution in [0.25, 0.3) is 0 Å². The van der Waals surface area contributed by atoms with Gasteiger partial charge >= 0.3 is 35.8 Å². The molecule has 0 aliphatic heterocycles. The Morgan fingerprint density at radius 2 is 0.750 bits per heavy atom. The number of carbonyl (C=O) groups excluding carboxylic acids is 6. The molecule has 0 bridgehead atoms. The first-order chi connectivity index (χ1) is 15.1. The molecule has 4 unspecified atom stereocenters. The van der Waals surface area contributed by atoms with E-state index in [9.17, 15) is 28.8 Å². The minimum Gasteiger partial charge on any atom is -0.469 e. The van der Waals surface area contributed by atoms with Gasteiger partial charge in [-0.1, -0.05) is 0 Å². The van der Waals surface area contributed by atoms with Gasteiger partial charge in [-0.05, 0) is 0 Å². The number of methoxy groups -OCH3 is 6. The predicted octanol–water partition coefficient (Wildman–Crippen LogP) is -1.69. The molecule has 0 N–H and O–H groups in total. The van der Waals surface area contributed by atoms with Crippen LogP contribution in [-0.2, 0) is 66.7 Å². The van der Waals surface area contributed by atoms with Crippen LogP contribution in [0.3, 0.4) is 0 Å². The summed E-state index contributed by atoms with van der Waals surface area (Å²) in [5.41, 5.74) is 0. The van der Waals surface area contributed by atoms with Crippen LogP contribution in [0.15, 0.2) is 0 Å². The Morgan fingerprint density at radius 1 is 0.469 bits per heavy atom. The van der Waals surface area contributed by atoms with Gasteiger partial charge in [0, 0.05) is 0 Å². The average molecular weight is 466 g/mol. The number of esters is 6. The Balaban J connectivity index is 6.15. The van der Waals surface area contributed by atoms with Gasteiger partial charge in [0.15, 0.2) is 24.4 Å². The Morgan fingerprint density at radius 3 is 0.969 bits per heavy atom. The quantitative estimate of drug-likeness (QED) is 0.222. The van der Waals surface area contributed by atoms with Crippen molar-refractivity contribution in [3.63, 3.8) is 0 Å². The van der Waals surface area contributed by atoms with E-state index < -0.39 is 73.1 Å². The second-order valence-electron chi connectivity index (χ2n) is 5.74. The molecular weight excluding hydrogens is 440 g/mol. The minimum atomic E-state index is -2.04. The fourth-order valence-electron chi connectivity index (χ4n) is 2.19. The Bertz CT molecular complexity index is 629. The summed E-state index contributed by atoms with van der Waals surface area (Å²) in [7, 11) is 5.94. The highest BCUT2D eigenvalue weighted by atomic mass is 16.6. The lowest BCUT2D eigenvalue weighted by molar-refractivity contribution is -0.201. The van der Waals surface area contributed by atoms with Crippen LogP contribution >= 0.6 is 0 Å². The van der Waals surface area contributed by atoms with Gasteiger partial charge in [0.1, 0.15) is 0 Å². The molecule has 14 heteroatoms. The van der Waals surface area contributed by atoms with E-state index >= 15 is 0 Å². The van der Waals surface area contributed by atoms with Crippen molar-refractivity contribution >= 4 is 35.8 Å². The molecule has 0 aromatic rings. The molecule has 0 amide bonds. The summed E-state index contributed by atoms with van der Waals surface area (Å²) < 4.78 is 37.8. The van der Waals surface area contributed by atoms with E-state index in [-0.39, 0.29) is 0 Å². The third kappa shape index (κ3) is 8.85. The summed E-state index contributed by atoms with van der Waals surface area (Å²) in [5.74, 6) is -6.46. The highest BCUT2D eigenvalue weighted by molar-refractivity contribution is 5.88. The standard InChI is InChI=1S/C18H26O14/c1-25-11(19)7-9(15(21)27-3)31-13(17(23)29-5)14(18(24)30-6)32-10(16(22)28-4)8-12(20)26-2/h9-10,13-14H,7-8H2,1-6H3. The van der Waals surface area contributed by atoms with E-state index in [0.29, 0.717) is 0 Å². The fourth-order valence-corrected chi connectivity index (χ4v) is 2.19. The molecule has 0 heterocycles. The molecule has 0 fully saturated rings. The monoisotopic (exact) mass is 466 g/mol. The molecule has 0 aromatic carbocycles. The lowest BCUT2D eigenvalue weighted by Crippen LogP contribution is -2.50. The lowest BCUT2D eigenvalue weighted by atomic mass is 10.1. The van der Waals surface area contributed by atoms with Gasteiger partial charge in [-0.25, -0.2) is 19.2 Å². The molecule has 4 atom stereocenters. The van der Waals surface area contributed by atoms with Gasteiger partial charge < -0.3 is 37.9 Å². The molecule has 0 rings (SSSR count). The van der Waals surface area contributed by atoms with Crippen molar-refractivity contribution in [3.05, 3.63) is 0 Å². The first kappa shape index (κ1) is 28.7. The zero-order valence-electron chi connectivity index (χ0n) is 18.4. The first-order valence-electron chi connectivity index (χ1n) is 8.85. The van der Waals surface area contributed by atoms with E-state index in [1.54, 1.807) is 0 Å². The Kier molecular flexibility index (Phi) is 13.2. The molecule has 32 heavy (non-hydrogen) atoms. The van der Waals surface area contributed by atoms with Crippen molar-refractivity contribution in [1.82, 2.24) is 0 Å². The van der Waals surface area contributed by atoms with Gasteiger partial charge in [0.2, 0.25) is 0 Å². The summed E-state index contributed by atoms with van der Waals surface area (Å²) >= 11 is 0. The molecule has 182 valence electrons. The highest BCUT2D eigenvalue weighted by Crippen LogP contribution is 2.18. The normalized spacial score (nSPS) is 14.1. The Labute approximate surface area is 183 Å². The lowest BCUT2D eigenvalue weighted by Gasteiger charge is -2.28. The van der Waals surface area contributed by atoms with Crippen LogP contribution in [0, 0.1) is 0 Å². The van der Waals surface area contributed by atoms with Gasteiger partial charge in [-0.15, -0.1) is 0 Å². The molecule has 0 aromatic heterocycles. The topological polar surface area (TPSA) is 176 Å². The maximum Gasteiger partial charge on any atom is 0.338 e. The second-order valence-corrected chi connectivity index (χ2v) is 5.74. The molecule has 0 aliphatic carbocycles. The summed E-state index contributed by atoms with van der Waals surface area (Å²) in [6, 6.07) is 0. The van der Waals surface area contributed by atoms with Gasteiger partial charge in [0.25, 0.3) is 0 Å². The maximum atomic E-state index is 12.4. The van der Waals surface area contributed by atoms with Gasteiger partial charge in [-0.3, -0.25) is 9.59 Å². The van der Waals surface area contributed by atoms with Crippen molar-refractivity contribution < 1.29 is 66.7 Å². The van der Waals surface area contributed by atoms with E-state index in [4.69, 9.17) is 9.47 Å². The zero-order chi connectivity index (χ0) is 24.8. The van der Waals surface area contributed by atoms with Crippen molar-refractivity contribution in [2.75, 3.05) is 42.7 Å². The number of hydrogen-bond donors (Lipinski definition) is 0. The van der Waals surface area contributed by atoms with E-state index in [1.807, 2.05) is 0 Å². The van der Waals surface area contributed by atoms with Crippen molar-refractivity contribution in [1.29, 1.82) is 0 Å². The molecular formula is C18H26O14. The Hall–Kier alpha value is -3.26. The third-order valence-electron chi connectivity index (χ3n) is 3.85. The summed E-state index contributed by atoms with van der Waals surface area (Å²) in [4.78, 5) is 72.0. The number of hydrogen-bond acceptors (Lipinski definition) is 14. The van der Waals surface area contributed by atoms with Crippen LogP contribution in [0.1, 0.15) is 12.8 Å². The van der Waals surface area contributed by atoms with Crippen molar-refractivity contribution in [3.8, 4) is 0 Å².